The summed E-state index contributed by atoms with van der Waals surface area (Å²) < 4.78 is 1.10. The second-order valence-corrected chi connectivity index (χ2v) is 5.54. The van der Waals surface area contributed by atoms with Gasteiger partial charge in [-0.25, -0.2) is 9.36 Å². The van der Waals surface area contributed by atoms with Gasteiger partial charge >= 0.3 is 5.69 Å². The highest BCUT2D eigenvalue weighted by molar-refractivity contribution is 5.77. The van der Waals surface area contributed by atoms with Crippen LogP contribution >= 0.6 is 0 Å². The normalized spacial score (nSPS) is 11.2. The second-order valence-electron chi connectivity index (χ2n) is 5.54. The fourth-order valence-corrected chi connectivity index (χ4v) is 2.59. The molecule has 0 saturated heterocycles. The molecule has 0 unspecified atom stereocenters. The van der Waals surface area contributed by atoms with Crippen molar-refractivity contribution in [2.24, 2.45) is 10.2 Å². The molecule has 2 heterocycles. The lowest BCUT2D eigenvalue weighted by molar-refractivity contribution is 0.901. The molecule has 0 aliphatic rings. The Morgan fingerprint density at radius 1 is 0.846 bits per heavy atom. The van der Waals surface area contributed by atoms with Crippen LogP contribution in [0.4, 0.5) is 11.4 Å². The van der Waals surface area contributed by atoms with Gasteiger partial charge in [-0.05, 0) is 48.5 Å². The number of benzene rings is 2. The third-order valence-corrected chi connectivity index (χ3v) is 3.84. The van der Waals surface area contributed by atoms with Gasteiger partial charge in [0.25, 0.3) is 5.56 Å². The summed E-state index contributed by atoms with van der Waals surface area (Å²) in [4.78, 5) is 31.6. The summed E-state index contributed by atoms with van der Waals surface area (Å²) in [5, 5.41) is 8.65. The van der Waals surface area contributed by atoms with E-state index < -0.39 is 5.69 Å². The van der Waals surface area contributed by atoms with Gasteiger partial charge in [0.15, 0.2) is 0 Å². The van der Waals surface area contributed by atoms with Gasteiger partial charge in [-0.2, -0.15) is 5.11 Å². The minimum atomic E-state index is -0.488. The number of nitrogens with zero attached hydrogens (tertiary/aromatic N) is 4. The summed E-state index contributed by atoms with van der Waals surface area (Å²) in [6.07, 6.45) is 3.26. The van der Waals surface area contributed by atoms with E-state index in [1.165, 1.54) is 0 Å². The standard InChI is InChI=1S/C19H13N5O2/c25-18-16-5-1-2-6-17(16)21-19(26)24(18)15-9-7-13(8-10-15)22-23-14-4-3-11-20-12-14/h1-12H,(H,21,26). The molecular formula is C19H13N5O2. The number of H-pyrrole nitrogens is 1. The first-order valence-corrected chi connectivity index (χ1v) is 7.89. The van der Waals surface area contributed by atoms with Crippen molar-refractivity contribution < 1.29 is 0 Å². The Labute approximate surface area is 147 Å². The molecule has 7 nitrogen and oxygen atoms in total. The summed E-state index contributed by atoms with van der Waals surface area (Å²) >= 11 is 0. The smallest absolute Gasteiger partial charge is 0.306 e. The molecule has 2 aromatic heterocycles. The minimum Gasteiger partial charge on any atom is -0.306 e. The van der Waals surface area contributed by atoms with Crippen molar-refractivity contribution in [3.05, 3.63) is 93.9 Å². The molecule has 0 aliphatic carbocycles. The number of hydrogen-bond acceptors (Lipinski definition) is 5. The van der Waals surface area contributed by atoms with Crippen molar-refractivity contribution in [2.75, 3.05) is 0 Å². The molecule has 126 valence electrons. The van der Waals surface area contributed by atoms with Crippen LogP contribution in [0.2, 0.25) is 0 Å². The van der Waals surface area contributed by atoms with Crippen molar-refractivity contribution in [2.45, 2.75) is 0 Å². The Morgan fingerprint density at radius 2 is 1.62 bits per heavy atom. The number of azo groups is 1. The summed E-state index contributed by atoms with van der Waals surface area (Å²) in [5.41, 5.74) is 1.36. The fourth-order valence-electron chi connectivity index (χ4n) is 2.59. The van der Waals surface area contributed by atoms with Crippen LogP contribution in [0.1, 0.15) is 0 Å². The maximum Gasteiger partial charge on any atom is 0.333 e. The van der Waals surface area contributed by atoms with Gasteiger partial charge in [0.1, 0.15) is 5.69 Å². The van der Waals surface area contributed by atoms with E-state index in [0.29, 0.717) is 28.0 Å². The van der Waals surface area contributed by atoms with Crippen molar-refractivity contribution in [1.82, 2.24) is 14.5 Å². The predicted molar refractivity (Wildman–Crippen MR) is 98.6 cm³/mol. The zero-order valence-electron chi connectivity index (χ0n) is 13.5. The van der Waals surface area contributed by atoms with Crippen LogP contribution in [0.25, 0.3) is 16.6 Å². The van der Waals surface area contributed by atoms with E-state index in [2.05, 4.69) is 20.2 Å². The maximum atomic E-state index is 12.6. The lowest BCUT2D eigenvalue weighted by Gasteiger charge is -2.06. The van der Waals surface area contributed by atoms with Crippen LogP contribution in [0.15, 0.2) is 92.9 Å². The molecule has 0 amide bonds. The summed E-state index contributed by atoms with van der Waals surface area (Å²) in [7, 11) is 0. The van der Waals surface area contributed by atoms with Gasteiger partial charge in [-0.1, -0.05) is 12.1 Å². The average Bonchev–Trinajstić information content (AvgIpc) is 2.68. The predicted octanol–water partition coefficient (Wildman–Crippen LogP) is 3.49. The molecule has 26 heavy (non-hydrogen) atoms. The van der Waals surface area contributed by atoms with Gasteiger partial charge in [0, 0.05) is 6.20 Å². The zero-order chi connectivity index (χ0) is 17.9. The first kappa shape index (κ1) is 15.6. The van der Waals surface area contributed by atoms with Crippen LogP contribution in [-0.4, -0.2) is 14.5 Å². The van der Waals surface area contributed by atoms with Gasteiger partial charge in [-0.3, -0.25) is 9.78 Å². The highest BCUT2D eigenvalue weighted by Gasteiger charge is 2.08. The highest BCUT2D eigenvalue weighted by atomic mass is 16.2. The molecule has 0 radical (unpaired) electrons. The highest BCUT2D eigenvalue weighted by Crippen LogP contribution is 2.18. The van der Waals surface area contributed by atoms with E-state index in [-0.39, 0.29) is 5.56 Å². The molecule has 0 atom stereocenters. The molecule has 4 rings (SSSR count). The van der Waals surface area contributed by atoms with Gasteiger partial charge in [0.2, 0.25) is 0 Å². The topological polar surface area (TPSA) is 92.5 Å². The molecular weight excluding hydrogens is 330 g/mol. The lowest BCUT2D eigenvalue weighted by atomic mass is 10.2. The van der Waals surface area contributed by atoms with Crippen LogP contribution in [0.3, 0.4) is 0 Å². The van der Waals surface area contributed by atoms with Gasteiger partial charge in [-0.15, -0.1) is 5.11 Å². The SMILES string of the molecule is O=c1[nH]c2ccccc2c(=O)n1-c1ccc(N=Nc2cccnc2)cc1. The summed E-state index contributed by atoms with van der Waals surface area (Å²) in [5.74, 6) is 0. The molecule has 0 fully saturated rings. The van der Waals surface area contributed by atoms with E-state index in [4.69, 9.17) is 0 Å². The quantitative estimate of drug-likeness (QED) is 0.577. The number of aromatic nitrogens is 3. The van der Waals surface area contributed by atoms with E-state index in [0.717, 1.165) is 4.57 Å². The number of rotatable bonds is 3. The second kappa shape index (κ2) is 6.56. The summed E-state index contributed by atoms with van der Waals surface area (Å²) in [6, 6.07) is 17.2. The Balaban J connectivity index is 1.72. The average molecular weight is 343 g/mol. The first-order chi connectivity index (χ1) is 12.7. The van der Waals surface area contributed by atoms with Crippen LogP contribution in [-0.2, 0) is 0 Å². The Morgan fingerprint density at radius 3 is 2.38 bits per heavy atom. The van der Waals surface area contributed by atoms with Crippen LogP contribution in [0, 0.1) is 0 Å². The Hall–Kier alpha value is -3.87. The van der Waals surface area contributed by atoms with E-state index in [9.17, 15) is 9.59 Å². The third-order valence-electron chi connectivity index (χ3n) is 3.84. The molecule has 7 heteroatoms. The van der Waals surface area contributed by atoms with Crippen molar-refractivity contribution >= 4 is 22.3 Å². The number of aromatic amines is 1. The molecule has 0 spiro atoms. The minimum absolute atomic E-state index is 0.367. The zero-order valence-corrected chi connectivity index (χ0v) is 13.5. The van der Waals surface area contributed by atoms with Crippen molar-refractivity contribution in [3.63, 3.8) is 0 Å². The molecule has 0 saturated carbocycles. The van der Waals surface area contributed by atoms with Gasteiger partial charge < -0.3 is 4.98 Å². The van der Waals surface area contributed by atoms with Crippen LogP contribution in [0.5, 0.6) is 0 Å². The Bertz CT molecular complexity index is 1210. The number of hydrogen-bond donors (Lipinski definition) is 1. The third kappa shape index (κ3) is 2.93. The molecule has 0 aliphatic heterocycles. The summed E-state index contributed by atoms with van der Waals surface area (Å²) in [6.45, 7) is 0. The van der Waals surface area contributed by atoms with E-state index in [1.807, 2.05) is 0 Å². The van der Waals surface area contributed by atoms with Crippen LogP contribution < -0.4 is 11.2 Å². The molecule has 4 aromatic rings. The number of para-hydroxylation sites is 1. The van der Waals surface area contributed by atoms with Gasteiger partial charge in [0.05, 0.1) is 28.5 Å². The largest absolute Gasteiger partial charge is 0.333 e. The fraction of sp³-hybridized carbons (Fsp3) is 0. The molecule has 2 aromatic carbocycles. The van der Waals surface area contributed by atoms with Crippen molar-refractivity contribution in [1.29, 1.82) is 0 Å². The first-order valence-electron chi connectivity index (χ1n) is 7.89. The Kier molecular flexibility index (Phi) is 3.95. The van der Waals surface area contributed by atoms with E-state index in [1.54, 1.807) is 73.1 Å². The maximum absolute atomic E-state index is 12.6. The van der Waals surface area contributed by atoms with E-state index >= 15 is 0 Å². The lowest BCUT2D eigenvalue weighted by Crippen LogP contribution is -2.33. The molecule has 1 N–H and O–H groups in total. The number of nitrogens with one attached hydrogen (secondary N) is 1. The van der Waals surface area contributed by atoms with Crippen molar-refractivity contribution in [3.8, 4) is 5.69 Å². The molecule has 0 bridgehead atoms. The number of pyridine rings is 1. The monoisotopic (exact) mass is 343 g/mol. The number of fused-ring (bicyclic) bond motifs is 1.